The van der Waals surface area contributed by atoms with E-state index in [1.165, 1.54) is 0 Å². The molecule has 1 aromatic carbocycles. The Kier molecular flexibility index (Phi) is 3.33. The minimum atomic E-state index is -0.0403. The molecular weight excluding hydrogens is 230 g/mol. The number of rotatable bonds is 2. The van der Waals surface area contributed by atoms with Crippen molar-refractivity contribution in [3.63, 3.8) is 0 Å². The van der Waals surface area contributed by atoms with Crippen LogP contribution < -0.4 is 5.73 Å². The maximum absolute atomic E-state index is 9.43. The monoisotopic (exact) mass is 243 g/mol. The predicted octanol–water partition coefficient (Wildman–Crippen LogP) is 2.81. The summed E-state index contributed by atoms with van der Waals surface area (Å²) in [6.45, 7) is 4.11. The van der Waals surface area contributed by atoms with Gasteiger partial charge in [0.2, 0.25) is 0 Å². The Morgan fingerprint density at radius 3 is 2.54 bits per heavy atom. The summed E-state index contributed by atoms with van der Waals surface area (Å²) in [5, 5.41) is 9.43. The normalized spacial score (nSPS) is 13.3. The van der Waals surface area contributed by atoms with Crippen LogP contribution in [0.4, 0.5) is 0 Å². The van der Waals surface area contributed by atoms with E-state index in [4.69, 9.17) is 5.73 Å². The number of phenolic OH excluding ortho intramolecular Hbond substituents is 1. The zero-order chi connectivity index (χ0) is 10.0. The van der Waals surface area contributed by atoms with E-state index in [0.29, 0.717) is 10.4 Å². The fourth-order valence-corrected chi connectivity index (χ4v) is 1.68. The second-order valence-corrected chi connectivity index (χ2v) is 4.24. The van der Waals surface area contributed by atoms with Gasteiger partial charge in [-0.1, -0.05) is 26.0 Å². The van der Waals surface area contributed by atoms with Gasteiger partial charge in [0.05, 0.1) is 4.47 Å². The first-order valence-electron chi connectivity index (χ1n) is 4.27. The fourth-order valence-electron chi connectivity index (χ4n) is 1.15. The number of hydrogen-bond acceptors (Lipinski definition) is 2. The molecule has 13 heavy (non-hydrogen) atoms. The molecule has 3 N–H and O–H groups in total. The SMILES string of the molecule is CC(C)[C@@H](N)c1cccc(O)c1Br. The minimum absolute atomic E-state index is 0.0403. The molecular formula is C10H14BrNO. The van der Waals surface area contributed by atoms with Crippen LogP contribution in [0.5, 0.6) is 5.75 Å². The third-order valence-corrected chi connectivity index (χ3v) is 2.95. The lowest BCUT2D eigenvalue weighted by molar-refractivity contribution is 0.464. The third-order valence-electron chi connectivity index (χ3n) is 2.09. The van der Waals surface area contributed by atoms with Crippen molar-refractivity contribution in [2.24, 2.45) is 11.7 Å². The first kappa shape index (κ1) is 10.5. The van der Waals surface area contributed by atoms with Gasteiger partial charge in [-0.15, -0.1) is 0 Å². The molecule has 0 amide bonds. The van der Waals surface area contributed by atoms with Crippen LogP contribution in [0.1, 0.15) is 25.5 Å². The van der Waals surface area contributed by atoms with Gasteiger partial charge in [-0.05, 0) is 33.5 Å². The summed E-state index contributed by atoms with van der Waals surface area (Å²) in [5.74, 6) is 0.603. The molecule has 0 bridgehead atoms. The Hall–Kier alpha value is -0.540. The van der Waals surface area contributed by atoms with Crippen LogP contribution in [0.2, 0.25) is 0 Å². The van der Waals surface area contributed by atoms with Gasteiger partial charge in [-0.2, -0.15) is 0 Å². The molecule has 3 heteroatoms. The topological polar surface area (TPSA) is 46.2 Å². The predicted molar refractivity (Wildman–Crippen MR) is 57.6 cm³/mol. The lowest BCUT2D eigenvalue weighted by Gasteiger charge is -2.17. The van der Waals surface area contributed by atoms with Crippen molar-refractivity contribution in [1.29, 1.82) is 0 Å². The highest BCUT2D eigenvalue weighted by atomic mass is 79.9. The van der Waals surface area contributed by atoms with Gasteiger partial charge in [-0.3, -0.25) is 0 Å². The summed E-state index contributed by atoms with van der Waals surface area (Å²) in [4.78, 5) is 0. The molecule has 0 saturated heterocycles. The molecule has 1 atom stereocenters. The molecule has 0 aliphatic carbocycles. The molecule has 0 aliphatic rings. The maximum Gasteiger partial charge on any atom is 0.130 e. The first-order valence-corrected chi connectivity index (χ1v) is 5.06. The quantitative estimate of drug-likeness (QED) is 0.840. The first-order chi connectivity index (χ1) is 6.04. The summed E-state index contributed by atoms with van der Waals surface area (Å²) < 4.78 is 0.705. The number of phenols is 1. The van der Waals surface area contributed by atoms with E-state index in [1.807, 2.05) is 6.07 Å². The molecule has 0 aliphatic heterocycles. The number of nitrogens with two attached hydrogens (primary N) is 1. The van der Waals surface area contributed by atoms with Gasteiger partial charge in [-0.25, -0.2) is 0 Å². The van der Waals surface area contributed by atoms with E-state index in [0.717, 1.165) is 5.56 Å². The molecule has 2 nitrogen and oxygen atoms in total. The van der Waals surface area contributed by atoms with Crippen molar-refractivity contribution >= 4 is 15.9 Å². The second-order valence-electron chi connectivity index (χ2n) is 3.45. The molecule has 72 valence electrons. The number of benzene rings is 1. The molecule has 1 aromatic rings. The molecule has 0 spiro atoms. The van der Waals surface area contributed by atoms with E-state index < -0.39 is 0 Å². The van der Waals surface area contributed by atoms with Crippen molar-refractivity contribution in [3.8, 4) is 5.75 Å². The van der Waals surface area contributed by atoms with Gasteiger partial charge in [0, 0.05) is 6.04 Å². The molecule has 0 saturated carbocycles. The van der Waals surface area contributed by atoms with Crippen LogP contribution in [0.15, 0.2) is 22.7 Å². The number of hydrogen-bond donors (Lipinski definition) is 2. The molecule has 1 rings (SSSR count). The van der Waals surface area contributed by atoms with Crippen LogP contribution in [-0.4, -0.2) is 5.11 Å². The van der Waals surface area contributed by atoms with Gasteiger partial charge in [0.1, 0.15) is 5.75 Å². The average Bonchev–Trinajstić information content (AvgIpc) is 2.08. The summed E-state index contributed by atoms with van der Waals surface area (Å²) in [7, 11) is 0. The van der Waals surface area contributed by atoms with Crippen LogP contribution in [0, 0.1) is 5.92 Å². The zero-order valence-corrected chi connectivity index (χ0v) is 9.38. The molecule has 0 radical (unpaired) electrons. The highest BCUT2D eigenvalue weighted by Gasteiger charge is 2.14. The van der Waals surface area contributed by atoms with Crippen molar-refractivity contribution in [2.75, 3.05) is 0 Å². The zero-order valence-electron chi connectivity index (χ0n) is 7.79. The van der Waals surface area contributed by atoms with Gasteiger partial charge in [0.25, 0.3) is 0 Å². The van der Waals surface area contributed by atoms with E-state index >= 15 is 0 Å². The highest BCUT2D eigenvalue weighted by Crippen LogP contribution is 2.32. The summed E-state index contributed by atoms with van der Waals surface area (Å²) in [6, 6.07) is 5.33. The summed E-state index contributed by atoms with van der Waals surface area (Å²) >= 11 is 3.32. The molecule has 0 unspecified atom stereocenters. The van der Waals surface area contributed by atoms with E-state index in [-0.39, 0.29) is 11.8 Å². The Balaban J connectivity index is 3.07. The lowest BCUT2D eigenvalue weighted by atomic mass is 9.97. The summed E-state index contributed by atoms with van der Waals surface area (Å²) in [5.41, 5.74) is 6.92. The van der Waals surface area contributed by atoms with E-state index in [2.05, 4.69) is 29.8 Å². The van der Waals surface area contributed by atoms with E-state index in [9.17, 15) is 5.11 Å². The fraction of sp³-hybridized carbons (Fsp3) is 0.400. The lowest BCUT2D eigenvalue weighted by Crippen LogP contribution is -2.17. The second kappa shape index (κ2) is 4.11. The van der Waals surface area contributed by atoms with Crippen molar-refractivity contribution in [1.82, 2.24) is 0 Å². The number of halogens is 1. The summed E-state index contributed by atoms with van der Waals surface area (Å²) in [6.07, 6.45) is 0. The van der Waals surface area contributed by atoms with Crippen LogP contribution in [-0.2, 0) is 0 Å². The molecule has 0 heterocycles. The molecule has 0 aromatic heterocycles. The van der Waals surface area contributed by atoms with Crippen molar-refractivity contribution in [2.45, 2.75) is 19.9 Å². The van der Waals surface area contributed by atoms with Gasteiger partial charge >= 0.3 is 0 Å². The Bertz CT molecular complexity index is 299. The standard InChI is InChI=1S/C10H14BrNO/c1-6(2)10(12)7-4-3-5-8(13)9(7)11/h3-6,10,13H,12H2,1-2H3/t10-/m1/s1. The largest absolute Gasteiger partial charge is 0.507 e. The van der Waals surface area contributed by atoms with Crippen molar-refractivity contribution in [3.05, 3.63) is 28.2 Å². The van der Waals surface area contributed by atoms with Crippen LogP contribution >= 0.6 is 15.9 Å². The third kappa shape index (κ3) is 2.23. The number of aromatic hydroxyl groups is 1. The smallest absolute Gasteiger partial charge is 0.130 e. The Labute approximate surface area is 86.9 Å². The highest BCUT2D eigenvalue weighted by molar-refractivity contribution is 9.10. The molecule has 0 fully saturated rings. The van der Waals surface area contributed by atoms with Crippen LogP contribution in [0.3, 0.4) is 0 Å². The maximum atomic E-state index is 9.43. The Morgan fingerprint density at radius 1 is 1.38 bits per heavy atom. The average molecular weight is 244 g/mol. The van der Waals surface area contributed by atoms with E-state index in [1.54, 1.807) is 12.1 Å². The minimum Gasteiger partial charge on any atom is -0.507 e. The van der Waals surface area contributed by atoms with Gasteiger partial charge < -0.3 is 10.8 Å². The van der Waals surface area contributed by atoms with Crippen LogP contribution in [0.25, 0.3) is 0 Å². The van der Waals surface area contributed by atoms with Gasteiger partial charge in [0.15, 0.2) is 0 Å². The van der Waals surface area contributed by atoms with Crippen molar-refractivity contribution < 1.29 is 5.11 Å². The Morgan fingerprint density at radius 2 is 2.00 bits per heavy atom.